The predicted molar refractivity (Wildman–Crippen MR) is 81.9 cm³/mol. The van der Waals surface area contributed by atoms with Gasteiger partial charge in [-0.05, 0) is 13.8 Å². The summed E-state index contributed by atoms with van der Waals surface area (Å²) < 4.78 is 6.33. The van der Waals surface area contributed by atoms with E-state index in [0.29, 0.717) is 0 Å². The van der Waals surface area contributed by atoms with E-state index in [1.807, 2.05) is 18.2 Å². The molecule has 0 aliphatic rings. The molecule has 21 heavy (non-hydrogen) atoms. The molecular formula is C17H26INO2. The van der Waals surface area contributed by atoms with Crippen molar-refractivity contribution >= 4 is 5.97 Å². The summed E-state index contributed by atoms with van der Waals surface area (Å²) in [5.74, 6) is -0.339. The summed E-state index contributed by atoms with van der Waals surface area (Å²) in [5, 5.41) is 0. The van der Waals surface area contributed by atoms with E-state index in [2.05, 4.69) is 39.5 Å². The molecule has 0 spiro atoms. The van der Waals surface area contributed by atoms with Gasteiger partial charge in [0.05, 0.1) is 13.1 Å². The Hall–Kier alpha value is -0.880. The predicted octanol–water partition coefficient (Wildman–Crippen LogP) is 0.513. The van der Waals surface area contributed by atoms with E-state index in [4.69, 9.17) is 4.74 Å². The van der Waals surface area contributed by atoms with E-state index in [0.717, 1.165) is 30.5 Å². The van der Waals surface area contributed by atoms with Crippen LogP contribution in [0.5, 0.6) is 0 Å². The largest absolute Gasteiger partial charge is 1.00 e. The minimum Gasteiger partial charge on any atom is -1.00 e. The van der Waals surface area contributed by atoms with Crippen LogP contribution in [0.2, 0.25) is 0 Å². The Kier molecular flexibility index (Phi) is 9.53. The molecule has 0 aromatic heterocycles. The smallest absolute Gasteiger partial charge is 0.334 e. The van der Waals surface area contributed by atoms with Gasteiger partial charge in [-0.2, -0.15) is 0 Å². The van der Waals surface area contributed by atoms with Gasteiger partial charge in [-0.15, -0.1) is 0 Å². The van der Waals surface area contributed by atoms with Gasteiger partial charge in [0.2, 0.25) is 6.23 Å². The number of ether oxygens (including phenoxy) is 1. The van der Waals surface area contributed by atoms with Gasteiger partial charge in [0.25, 0.3) is 0 Å². The third-order valence-corrected chi connectivity index (χ3v) is 3.98. The first-order chi connectivity index (χ1) is 9.61. The molecule has 0 saturated heterocycles. The molecule has 1 unspecified atom stereocenters. The van der Waals surface area contributed by atoms with Gasteiger partial charge in [-0.3, -0.25) is 4.48 Å². The van der Waals surface area contributed by atoms with Crippen molar-refractivity contribution in [2.45, 2.75) is 40.0 Å². The van der Waals surface area contributed by atoms with Crippen molar-refractivity contribution in [3.63, 3.8) is 0 Å². The van der Waals surface area contributed by atoms with Crippen molar-refractivity contribution in [3.05, 3.63) is 48.6 Å². The Balaban J connectivity index is 0.00000400. The van der Waals surface area contributed by atoms with Crippen molar-refractivity contribution < 1.29 is 38.0 Å². The topological polar surface area (TPSA) is 26.3 Å². The fraction of sp³-hybridized carbons (Fsp3) is 0.471. The second-order valence-corrected chi connectivity index (χ2v) is 5.00. The van der Waals surface area contributed by atoms with Crippen molar-refractivity contribution in [3.8, 4) is 0 Å². The molecule has 0 aliphatic heterocycles. The van der Waals surface area contributed by atoms with E-state index in [-0.39, 0.29) is 36.2 Å². The second kappa shape index (κ2) is 9.95. The Bertz CT molecular complexity index is 430. The maximum absolute atomic E-state index is 11.6. The number of quaternary nitrogens is 1. The quantitative estimate of drug-likeness (QED) is 0.208. The van der Waals surface area contributed by atoms with E-state index in [9.17, 15) is 4.79 Å². The third kappa shape index (κ3) is 5.43. The van der Waals surface area contributed by atoms with Crippen LogP contribution in [0.25, 0.3) is 0 Å². The third-order valence-electron chi connectivity index (χ3n) is 3.98. The lowest BCUT2D eigenvalue weighted by atomic mass is 10.1. The van der Waals surface area contributed by atoms with Crippen molar-refractivity contribution in [2.75, 3.05) is 13.1 Å². The zero-order valence-electron chi connectivity index (χ0n) is 13.2. The number of halogens is 1. The van der Waals surface area contributed by atoms with Gasteiger partial charge in [0.15, 0.2) is 0 Å². The minimum absolute atomic E-state index is 0. The van der Waals surface area contributed by atoms with Crippen LogP contribution < -0.4 is 24.0 Å². The molecule has 0 amide bonds. The van der Waals surface area contributed by atoms with Gasteiger partial charge in [0.1, 0.15) is 6.54 Å². The minimum atomic E-state index is -0.339. The highest BCUT2D eigenvalue weighted by Gasteiger charge is 2.35. The van der Waals surface area contributed by atoms with Crippen LogP contribution in [0.15, 0.2) is 43.0 Å². The normalized spacial score (nSPS) is 12.1. The number of rotatable bonds is 8. The highest BCUT2D eigenvalue weighted by atomic mass is 127. The fourth-order valence-electron chi connectivity index (χ4n) is 2.67. The maximum Gasteiger partial charge on any atom is 0.334 e. The van der Waals surface area contributed by atoms with Crippen LogP contribution >= 0.6 is 0 Å². The van der Waals surface area contributed by atoms with E-state index in [1.54, 1.807) is 0 Å². The SMILES string of the molecule is C=CC(=O)OC(CC)[N+](CC)(CC)Cc1ccccc1.[I-]. The highest BCUT2D eigenvalue weighted by Crippen LogP contribution is 2.22. The lowest BCUT2D eigenvalue weighted by Crippen LogP contribution is -3.00. The van der Waals surface area contributed by atoms with Crippen LogP contribution in [-0.4, -0.2) is 29.8 Å². The molecule has 0 saturated carbocycles. The summed E-state index contributed by atoms with van der Waals surface area (Å²) in [6.07, 6.45) is 1.91. The summed E-state index contributed by atoms with van der Waals surface area (Å²) in [6.45, 7) is 12.6. The molecule has 0 N–H and O–H groups in total. The number of esters is 1. The van der Waals surface area contributed by atoms with Crippen LogP contribution in [-0.2, 0) is 16.1 Å². The summed E-state index contributed by atoms with van der Waals surface area (Å²) in [6, 6.07) is 10.4. The van der Waals surface area contributed by atoms with E-state index < -0.39 is 0 Å². The number of nitrogens with zero attached hydrogens (tertiary/aromatic N) is 1. The number of carbonyl (C=O) groups is 1. The van der Waals surface area contributed by atoms with Gasteiger partial charge in [-0.25, -0.2) is 4.79 Å². The van der Waals surface area contributed by atoms with Crippen molar-refractivity contribution in [1.82, 2.24) is 0 Å². The molecule has 0 aliphatic carbocycles. The first-order valence-electron chi connectivity index (χ1n) is 7.34. The molecule has 3 nitrogen and oxygen atoms in total. The summed E-state index contributed by atoms with van der Waals surface area (Å²) >= 11 is 0. The van der Waals surface area contributed by atoms with E-state index >= 15 is 0 Å². The maximum atomic E-state index is 11.6. The first kappa shape index (κ1) is 20.1. The molecule has 1 rings (SSSR count). The van der Waals surface area contributed by atoms with Gasteiger partial charge >= 0.3 is 5.97 Å². The zero-order valence-corrected chi connectivity index (χ0v) is 15.4. The number of hydrogen-bond acceptors (Lipinski definition) is 2. The lowest BCUT2D eigenvalue weighted by molar-refractivity contribution is -0.978. The number of carbonyl (C=O) groups excluding carboxylic acids is 1. The molecule has 4 heteroatoms. The van der Waals surface area contributed by atoms with Gasteiger partial charge < -0.3 is 28.7 Å². The summed E-state index contributed by atoms with van der Waals surface area (Å²) in [7, 11) is 0. The molecule has 0 bridgehead atoms. The lowest BCUT2D eigenvalue weighted by Gasteiger charge is -2.42. The average molecular weight is 403 g/mol. The number of hydrogen-bond donors (Lipinski definition) is 0. The molecule has 118 valence electrons. The average Bonchev–Trinajstić information content (AvgIpc) is 2.51. The molecule has 0 radical (unpaired) electrons. The molecule has 1 aromatic carbocycles. The van der Waals surface area contributed by atoms with Crippen LogP contribution in [0, 0.1) is 0 Å². The molecule has 1 aromatic rings. The monoisotopic (exact) mass is 403 g/mol. The Morgan fingerprint density at radius 2 is 1.81 bits per heavy atom. The summed E-state index contributed by atoms with van der Waals surface area (Å²) in [5.41, 5.74) is 1.27. The summed E-state index contributed by atoms with van der Waals surface area (Å²) in [4.78, 5) is 11.6. The Morgan fingerprint density at radius 1 is 1.24 bits per heavy atom. The number of benzene rings is 1. The van der Waals surface area contributed by atoms with Crippen molar-refractivity contribution in [1.29, 1.82) is 0 Å². The van der Waals surface area contributed by atoms with E-state index in [1.165, 1.54) is 11.6 Å². The Labute approximate surface area is 145 Å². The van der Waals surface area contributed by atoms with Gasteiger partial charge in [-0.1, -0.05) is 43.8 Å². The van der Waals surface area contributed by atoms with Crippen molar-refractivity contribution in [2.24, 2.45) is 0 Å². The van der Waals surface area contributed by atoms with Gasteiger partial charge in [0, 0.05) is 18.1 Å². The fourth-order valence-corrected chi connectivity index (χ4v) is 2.67. The molecule has 1 atom stereocenters. The molecular weight excluding hydrogens is 377 g/mol. The molecule has 0 heterocycles. The van der Waals surface area contributed by atoms with Crippen LogP contribution in [0.4, 0.5) is 0 Å². The van der Waals surface area contributed by atoms with Crippen LogP contribution in [0.1, 0.15) is 32.8 Å². The molecule has 0 fully saturated rings. The Morgan fingerprint density at radius 3 is 2.24 bits per heavy atom. The zero-order chi connectivity index (χ0) is 15.0. The van der Waals surface area contributed by atoms with Crippen LogP contribution in [0.3, 0.4) is 0 Å². The highest BCUT2D eigenvalue weighted by molar-refractivity contribution is 5.81. The first-order valence-corrected chi connectivity index (χ1v) is 7.34. The standard InChI is InChI=1S/C17H26NO2.HI/c1-5-16(20-17(19)6-2)18(7-3,8-4)14-15-12-10-9-11-13-15;/h6,9-13,16H,2,5,7-8,14H2,1,3-4H3;1H/q+1;/p-1. The second-order valence-electron chi connectivity index (χ2n) is 5.00.